The molecule has 8 nitrogen and oxygen atoms in total. The molecule has 0 aliphatic rings. The number of carbonyl (C=O) groups is 1. The van der Waals surface area contributed by atoms with E-state index in [-0.39, 0.29) is 30.4 Å². The third kappa shape index (κ3) is 4.36. The standard InChI is InChI=1S/C18H20N4O4S/c1-11(2)16-20-14(26-21-16)10-27-18-19-13-7-5-4-6-12(13)17(24)22(18)9-8-15(23)25-3/h4-7,11H,8-10H2,1-3H3. The number of hydrogen-bond acceptors (Lipinski definition) is 8. The molecule has 1 aromatic carbocycles. The lowest BCUT2D eigenvalue weighted by Gasteiger charge is -2.12. The molecule has 0 aliphatic heterocycles. The van der Waals surface area contributed by atoms with Crippen LogP contribution in [0.25, 0.3) is 10.9 Å². The molecule has 0 aliphatic carbocycles. The fraction of sp³-hybridized carbons (Fsp3) is 0.389. The van der Waals surface area contributed by atoms with Crippen molar-refractivity contribution in [2.24, 2.45) is 0 Å². The van der Waals surface area contributed by atoms with Crippen molar-refractivity contribution in [3.8, 4) is 0 Å². The van der Waals surface area contributed by atoms with Gasteiger partial charge in [-0.15, -0.1) is 0 Å². The van der Waals surface area contributed by atoms with Crippen molar-refractivity contribution in [3.05, 3.63) is 46.3 Å². The molecule has 9 heteroatoms. The van der Waals surface area contributed by atoms with E-state index in [0.717, 1.165) is 0 Å². The molecule has 3 aromatic rings. The predicted octanol–water partition coefficient (Wildman–Crippen LogP) is 2.76. The number of fused-ring (bicyclic) bond motifs is 1. The summed E-state index contributed by atoms with van der Waals surface area (Å²) in [6, 6.07) is 7.12. The summed E-state index contributed by atoms with van der Waals surface area (Å²) in [5.41, 5.74) is 0.410. The molecule has 0 fully saturated rings. The summed E-state index contributed by atoms with van der Waals surface area (Å²) in [6.45, 7) is 4.15. The van der Waals surface area contributed by atoms with Gasteiger partial charge in [0.2, 0.25) is 5.89 Å². The number of nitrogens with zero attached hydrogens (tertiary/aromatic N) is 4. The molecule has 2 heterocycles. The Hall–Kier alpha value is -2.68. The van der Waals surface area contributed by atoms with Gasteiger partial charge in [-0.2, -0.15) is 4.98 Å². The predicted molar refractivity (Wildman–Crippen MR) is 101 cm³/mol. The van der Waals surface area contributed by atoms with Gasteiger partial charge in [0.1, 0.15) is 0 Å². The van der Waals surface area contributed by atoms with Gasteiger partial charge in [0.05, 0.1) is 30.2 Å². The quantitative estimate of drug-likeness (QED) is 0.346. The summed E-state index contributed by atoms with van der Waals surface area (Å²) >= 11 is 1.32. The van der Waals surface area contributed by atoms with Crippen LogP contribution >= 0.6 is 11.8 Å². The zero-order valence-electron chi connectivity index (χ0n) is 15.3. The fourth-order valence-corrected chi connectivity index (χ4v) is 3.31. The summed E-state index contributed by atoms with van der Waals surface area (Å²) in [6.07, 6.45) is 0.0854. The monoisotopic (exact) mass is 388 g/mol. The topological polar surface area (TPSA) is 100 Å². The number of esters is 1. The van der Waals surface area contributed by atoms with Gasteiger partial charge in [-0.1, -0.05) is 42.9 Å². The van der Waals surface area contributed by atoms with Gasteiger partial charge < -0.3 is 9.26 Å². The highest BCUT2D eigenvalue weighted by atomic mass is 32.2. The summed E-state index contributed by atoms with van der Waals surface area (Å²) in [4.78, 5) is 33.3. The summed E-state index contributed by atoms with van der Waals surface area (Å²) in [5, 5.41) is 4.94. The lowest BCUT2D eigenvalue weighted by molar-refractivity contribution is -0.140. The lowest BCUT2D eigenvalue weighted by Crippen LogP contribution is -2.24. The highest BCUT2D eigenvalue weighted by Crippen LogP contribution is 2.22. The first-order valence-electron chi connectivity index (χ1n) is 8.51. The molecule has 3 rings (SSSR count). The minimum atomic E-state index is -0.385. The second-order valence-electron chi connectivity index (χ2n) is 6.18. The van der Waals surface area contributed by atoms with E-state index in [0.29, 0.717) is 33.5 Å². The first-order valence-corrected chi connectivity index (χ1v) is 9.50. The number of ether oxygens (including phenoxy) is 1. The Morgan fingerprint density at radius 2 is 2.07 bits per heavy atom. The van der Waals surface area contributed by atoms with Crippen molar-refractivity contribution in [2.45, 2.75) is 43.6 Å². The maximum Gasteiger partial charge on any atom is 0.307 e. The van der Waals surface area contributed by atoms with E-state index in [9.17, 15) is 9.59 Å². The van der Waals surface area contributed by atoms with Crippen molar-refractivity contribution in [1.82, 2.24) is 19.7 Å². The van der Waals surface area contributed by atoms with E-state index >= 15 is 0 Å². The molecule has 0 atom stereocenters. The van der Waals surface area contributed by atoms with Crippen LogP contribution in [0.4, 0.5) is 0 Å². The average Bonchev–Trinajstić information content (AvgIpc) is 3.15. The Morgan fingerprint density at radius 3 is 2.78 bits per heavy atom. The summed E-state index contributed by atoms with van der Waals surface area (Å²) in [5.74, 6) is 1.27. The normalized spacial score (nSPS) is 11.3. The Balaban J connectivity index is 1.91. The Bertz CT molecular complexity index is 1010. The molecular weight excluding hydrogens is 368 g/mol. The van der Waals surface area contributed by atoms with E-state index in [4.69, 9.17) is 4.52 Å². The molecule has 0 saturated heterocycles. The van der Waals surface area contributed by atoms with Crippen molar-refractivity contribution in [3.63, 3.8) is 0 Å². The smallest absolute Gasteiger partial charge is 0.307 e. The fourth-order valence-electron chi connectivity index (χ4n) is 2.45. The summed E-state index contributed by atoms with van der Waals surface area (Å²) in [7, 11) is 1.32. The van der Waals surface area contributed by atoms with Crippen molar-refractivity contribution < 1.29 is 14.1 Å². The number of aromatic nitrogens is 4. The number of rotatable bonds is 7. The largest absolute Gasteiger partial charge is 0.469 e. The SMILES string of the molecule is COC(=O)CCn1c(SCc2nc(C(C)C)no2)nc2ccccc2c1=O. The molecule has 2 aromatic heterocycles. The van der Waals surface area contributed by atoms with Gasteiger partial charge in [-0.05, 0) is 12.1 Å². The van der Waals surface area contributed by atoms with Crippen LogP contribution in [-0.2, 0) is 21.8 Å². The van der Waals surface area contributed by atoms with Crippen LogP contribution in [0.15, 0.2) is 38.7 Å². The zero-order chi connectivity index (χ0) is 19.4. The second kappa shape index (κ2) is 8.34. The van der Waals surface area contributed by atoms with Crippen molar-refractivity contribution in [2.75, 3.05) is 7.11 Å². The van der Waals surface area contributed by atoms with Gasteiger partial charge >= 0.3 is 5.97 Å². The Labute approximate surface area is 159 Å². The third-order valence-corrected chi connectivity index (χ3v) is 4.88. The minimum absolute atomic E-state index is 0.0854. The first kappa shape index (κ1) is 19.1. The first-order chi connectivity index (χ1) is 13.0. The number of methoxy groups -OCH3 is 1. The number of para-hydroxylation sites is 1. The molecule has 0 saturated carbocycles. The van der Waals surface area contributed by atoms with E-state index in [2.05, 4.69) is 19.9 Å². The molecule has 142 valence electrons. The molecule has 0 N–H and O–H groups in total. The van der Waals surface area contributed by atoms with E-state index in [1.54, 1.807) is 18.2 Å². The van der Waals surface area contributed by atoms with Gasteiger partial charge in [-0.3, -0.25) is 14.2 Å². The molecule has 0 spiro atoms. The van der Waals surface area contributed by atoms with E-state index < -0.39 is 0 Å². The van der Waals surface area contributed by atoms with Gasteiger partial charge in [-0.25, -0.2) is 4.98 Å². The Kier molecular flexibility index (Phi) is 5.90. The van der Waals surface area contributed by atoms with E-state index in [1.807, 2.05) is 19.9 Å². The van der Waals surface area contributed by atoms with Crippen molar-refractivity contribution >= 4 is 28.6 Å². The number of thioether (sulfide) groups is 1. The van der Waals surface area contributed by atoms with Crippen molar-refractivity contribution in [1.29, 1.82) is 0 Å². The van der Waals surface area contributed by atoms with Gasteiger partial charge in [0.25, 0.3) is 5.56 Å². The summed E-state index contributed by atoms with van der Waals surface area (Å²) < 4.78 is 11.4. The maximum atomic E-state index is 12.9. The number of benzene rings is 1. The molecule has 0 bridgehead atoms. The van der Waals surface area contributed by atoms with Crippen LogP contribution in [-0.4, -0.2) is 32.8 Å². The average molecular weight is 388 g/mol. The maximum absolute atomic E-state index is 12.9. The number of carbonyl (C=O) groups excluding carboxylic acids is 1. The van der Waals surface area contributed by atoms with E-state index in [1.165, 1.54) is 23.4 Å². The second-order valence-corrected chi connectivity index (χ2v) is 7.13. The third-order valence-electron chi connectivity index (χ3n) is 3.92. The Morgan fingerprint density at radius 1 is 1.30 bits per heavy atom. The molecule has 0 radical (unpaired) electrons. The molecule has 0 unspecified atom stereocenters. The van der Waals surface area contributed by atoms with Crippen LogP contribution in [0, 0.1) is 0 Å². The van der Waals surface area contributed by atoms with Gasteiger partial charge in [0.15, 0.2) is 11.0 Å². The molecule has 0 amide bonds. The minimum Gasteiger partial charge on any atom is -0.469 e. The zero-order valence-corrected chi connectivity index (χ0v) is 16.2. The highest BCUT2D eigenvalue weighted by molar-refractivity contribution is 7.98. The lowest BCUT2D eigenvalue weighted by atomic mass is 10.2. The van der Waals surface area contributed by atoms with Crippen LogP contribution in [0.3, 0.4) is 0 Å². The molecular formula is C18H20N4O4S. The molecule has 27 heavy (non-hydrogen) atoms. The van der Waals surface area contributed by atoms with Crippen LogP contribution in [0.5, 0.6) is 0 Å². The van der Waals surface area contributed by atoms with Crippen LogP contribution in [0.2, 0.25) is 0 Å². The highest BCUT2D eigenvalue weighted by Gasteiger charge is 2.15. The van der Waals surface area contributed by atoms with Gasteiger partial charge in [0, 0.05) is 12.5 Å². The van der Waals surface area contributed by atoms with Crippen LogP contribution in [0.1, 0.15) is 37.9 Å². The van der Waals surface area contributed by atoms with Crippen LogP contribution < -0.4 is 5.56 Å². The number of hydrogen-bond donors (Lipinski definition) is 0.